The number of carbonyl (C=O) groups is 1. The molecule has 0 saturated heterocycles. The Labute approximate surface area is 112 Å². The van der Waals surface area contributed by atoms with Crippen LogP contribution in [0.2, 0.25) is 0 Å². The second-order valence-electron chi connectivity index (χ2n) is 3.61. The molecule has 1 aromatic carbocycles. The summed E-state index contributed by atoms with van der Waals surface area (Å²) in [5, 5.41) is 0. The van der Waals surface area contributed by atoms with Gasteiger partial charge in [-0.3, -0.25) is 9.78 Å². The molecule has 2 rings (SSSR count). The van der Waals surface area contributed by atoms with Crippen molar-refractivity contribution in [3.8, 4) is 0 Å². The third-order valence-electron chi connectivity index (χ3n) is 2.32. The fourth-order valence-corrected chi connectivity index (χ4v) is 1.79. The number of hydrogen-bond acceptors (Lipinski definition) is 2. The first kappa shape index (κ1) is 12.6. The number of aromatic nitrogens is 1. The first-order valence-corrected chi connectivity index (χ1v) is 6.03. The van der Waals surface area contributed by atoms with Crippen molar-refractivity contribution in [3.05, 3.63) is 70.2 Å². The van der Waals surface area contributed by atoms with Gasteiger partial charge in [0, 0.05) is 18.0 Å². The highest BCUT2D eigenvalue weighted by Crippen LogP contribution is 2.17. The van der Waals surface area contributed by atoms with Crippen LogP contribution >= 0.6 is 15.9 Å². The number of pyridine rings is 1. The Morgan fingerprint density at radius 3 is 2.83 bits per heavy atom. The summed E-state index contributed by atoms with van der Waals surface area (Å²) >= 11 is 3.09. The Morgan fingerprint density at radius 1 is 1.33 bits per heavy atom. The van der Waals surface area contributed by atoms with Crippen molar-refractivity contribution in [1.82, 2.24) is 4.98 Å². The summed E-state index contributed by atoms with van der Waals surface area (Å²) in [4.78, 5) is 15.6. The van der Waals surface area contributed by atoms with E-state index in [9.17, 15) is 9.18 Å². The van der Waals surface area contributed by atoms with Crippen LogP contribution in [0.15, 0.2) is 53.3 Å². The zero-order valence-electron chi connectivity index (χ0n) is 9.31. The Balaban J connectivity index is 2.16. The highest BCUT2D eigenvalue weighted by molar-refractivity contribution is 9.10. The third kappa shape index (κ3) is 3.11. The number of carbonyl (C=O) groups excluding carboxylic acids is 1. The minimum atomic E-state index is -0.328. The molecule has 0 amide bonds. The molecule has 18 heavy (non-hydrogen) atoms. The maximum Gasteiger partial charge on any atom is 0.187 e. The Hall–Kier alpha value is -1.81. The molecule has 4 heteroatoms. The quantitative estimate of drug-likeness (QED) is 0.636. The molecule has 0 saturated carbocycles. The molecule has 0 spiro atoms. The summed E-state index contributed by atoms with van der Waals surface area (Å²) in [6, 6.07) is 7.96. The number of benzene rings is 1. The fraction of sp³-hybridized carbons (Fsp3) is 0. The second kappa shape index (κ2) is 5.69. The first-order chi connectivity index (χ1) is 8.66. The van der Waals surface area contributed by atoms with Crippen molar-refractivity contribution in [2.24, 2.45) is 0 Å². The molecule has 0 aliphatic carbocycles. The van der Waals surface area contributed by atoms with Gasteiger partial charge in [-0.25, -0.2) is 4.39 Å². The zero-order chi connectivity index (χ0) is 13.0. The molecular formula is C14H9BrFNO. The monoisotopic (exact) mass is 305 g/mol. The molecule has 0 bridgehead atoms. The van der Waals surface area contributed by atoms with Crippen LogP contribution in [0, 0.1) is 5.82 Å². The first-order valence-electron chi connectivity index (χ1n) is 5.24. The minimum Gasteiger partial charge on any atom is -0.289 e. The van der Waals surface area contributed by atoms with E-state index in [0.29, 0.717) is 10.0 Å². The lowest BCUT2D eigenvalue weighted by atomic mass is 10.1. The maximum atomic E-state index is 13.0. The normalized spacial score (nSPS) is 10.8. The minimum absolute atomic E-state index is 0.136. The average Bonchev–Trinajstić information content (AvgIpc) is 2.41. The van der Waals surface area contributed by atoms with E-state index in [-0.39, 0.29) is 11.6 Å². The molecule has 2 aromatic rings. The SMILES string of the molecule is O=C(/C=C/c1ccc(F)c(Br)c1)c1cccnc1. The van der Waals surface area contributed by atoms with Gasteiger partial charge in [0.25, 0.3) is 0 Å². The van der Waals surface area contributed by atoms with Gasteiger partial charge in [-0.2, -0.15) is 0 Å². The topological polar surface area (TPSA) is 30.0 Å². The third-order valence-corrected chi connectivity index (χ3v) is 2.92. The highest BCUT2D eigenvalue weighted by Gasteiger charge is 2.01. The van der Waals surface area contributed by atoms with Crippen LogP contribution in [-0.4, -0.2) is 10.8 Å². The molecule has 0 radical (unpaired) electrons. The van der Waals surface area contributed by atoms with E-state index >= 15 is 0 Å². The van der Waals surface area contributed by atoms with E-state index in [1.807, 2.05) is 0 Å². The van der Waals surface area contributed by atoms with E-state index in [2.05, 4.69) is 20.9 Å². The molecule has 0 atom stereocenters. The van der Waals surface area contributed by atoms with Crippen LogP contribution in [0.3, 0.4) is 0 Å². The highest BCUT2D eigenvalue weighted by atomic mass is 79.9. The molecule has 0 aliphatic rings. The standard InChI is InChI=1S/C14H9BrFNO/c15-12-8-10(3-5-13(12)16)4-6-14(18)11-2-1-7-17-9-11/h1-9H/b6-4+. The summed E-state index contributed by atoms with van der Waals surface area (Å²) in [7, 11) is 0. The molecule has 0 aliphatic heterocycles. The maximum absolute atomic E-state index is 13.0. The van der Waals surface area contributed by atoms with E-state index < -0.39 is 0 Å². The van der Waals surface area contributed by atoms with Crippen molar-refractivity contribution in [1.29, 1.82) is 0 Å². The molecule has 2 nitrogen and oxygen atoms in total. The molecule has 90 valence electrons. The van der Waals surface area contributed by atoms with Crippen LogP contribution in [0.1, 0.15) is 15.9 Å². The smallest absolute Gasteiger partial charge is 0.187 e. The van der Waals surface area contributed by atoms with Gasteiger partial charge in [-0.15, -0.1) is 0 Å². The molecule has 1 aromatic heterocycles. The van der Waals surface area contributed by atoms with Crippen LogP contribution < -0.4 is 0 Å². The van der Waals surface area contributed by atoms with Crippen molar-refractivity contribution in [2.45, 2.75) is 0 Å². The Bertz CT molecular complexity index is 596. The Kier molecular flexibility index (Phi) is 3.99. The van der Waals surface area contributed by atoms with Gasteiger partial charge in [-0.1, -0.05) is 12.1 Å². The lowest BCUT2D eigenvalue weighted by Crippen LogP contribution is -1.94. The van der Waals surface area contributed by atoms with Gasteiger partial charge in [0.1, 0.15) is 5.82 Å². The largest absolute Gasteiger partial charge is 0.289 e. The van der Waals surface area contributed by atoms with Crippen LogP contribution in [0.4, 0.5) is 4.39 Å². The lowest BCUT2D eigenvalue weighted by molar-refractivity contribution is 0.104. The average molecular weight is 306 g/mol. The van der Waals surface area contributed by atoms with Gasteiger partial charge in [0.2, 0.25) is 0 Å². The molecular weight excluding hydrogens is 297 g/mol. The van der Waals surface area contributed by atoms with E-state index in [1.165, 1.54) is 18.3 Å². The second-order valence-corrected chi connectivity index (χ2v) is 4.47. The van der Waals surface area contributed by atoms with Crippen LogP contribution in [0.25, 0.3) is 6.08 Å². The number of halogens is 2. The van der Waals surface area contributed by atoms with Crippen molar-refractivity contribution in [2.75, 3.05) is 0 Å². The number of allylic oxidation sites excluding steroid dienone is 1. The van der Waals surface area contributed by atoms with Crippen molar-refractivity contribution in [3.63, 3.8) is 0 Å². The van der Waals surface area contributed by atoms with Crippen LogP contribution in [0.5, 0.6) is 0 Å². The van der Waals surface area contributed by atoms with E-state index in [4.69, 9.17) is 0 Å². The Morgan fingerprint density at radius 2 is 2.17 bits per heavy atom. The molecule has 0 unspecified atom stereocenters. The zero-order valence-corrected chi connectivity index (χ0v) is 10.9. The number of nitrogens with zero attached hydrogens (tertiary/aromatic N) is 1. The van der Waals surface area contributed by atoms with E-state index in [1.54, 1.807) is 36.5 Å². The van der Waals surface area contributed by atoms with Gasteiger partial charge in [-0.05, 0) is 51.8 Å². The summed E-state index contributed by atoms with van der Waals surface area (Å²) < 4.78 is 13.4. The van der Waals surface area contributed by atoms with Gasteiger partial charge in [0.05, 0.1) is 4.47 Å². The van der Waals surface area contributed by atoms with Gasteiger partial charge < -0.3 is 0 Å². The predicted octanol–water partition coefficient (Wildman–Crippen LogP) is 3.88. The van der Waals surface area contributed by atoms with Crippen molar-refractivity contribution < 1.29 is 9.18 Å². The lowest BCUT2D eigenvalue weighted by Gasteiger charge is -1.97. The number of ketones is 1. The fourth-order valence-electron chi connectivity index (χ4n) is 1.39. The predicted molar refractivity (Wildman–Crippen MR) is 71.7 cm³/mol. The molecule has 0 N–H and O–H groups in total. The van der Waals surface area contributed by atoms with E-state index in [0.717, 1.165) is 5.56 Å². The van der Waals surface area contributed by atoms with Gasteiger partial charge >= 0.3 is 0 Å². The van der Waals surface area contributed by atoms with Gasteiger partial charge in [0.15, 0.2) is 5.78 Å². The molecule has 0 fully saturated rings. The summed E-state index contributed by atoms with van der Waals surface area (Å²) in [5.41, 5.74) is 1.27. The number of rotatable bonds is 3. The summed E-state index contributed by atoms with van der Waals surface area (Å²) in [6.45, 7) is 0. The summed E-state index contributed by atoms with van der Waals surface area (Å²) in [5.74, 6) is -0.464. The number of hydrogen-bond donors (Lipinski definition) is 0. The summed E-state index contributed by atoms with van der Waals surface area (Å²) in [6.07, 6.45) is 6.20. The van der Waals surface area contributed by atoms with Crippen LogP contribution in [-0.2, 0) is 0 Å². The van der Waals surface area contributed by atoms with Crippen molar-refractivity contribution >= 4 is 27.8 Å². The molecule has 1 heterocycles.